The predicted octanol–water partition coefficient (Wildman–Crippen LogP) is -0.0199. The molecule has 2 heterocycles. The summed E-state index contributed by atoms with van der Waals surface area (Å²) in [7, 11) is 1.70. The summed E-state index contributed by atoms with van der Waals surface area (Å²) < 4.78 is 1.50. The Bertz CT molecular complexity index is 775. The van der Waals surface area contributed by atoms with E-state index < -0.39 is 11.8 Å². The number of rotatable bonds is 3. The Labute approximate surface area is 126 Å². The molecule has 22 heavy (non-hydrogen) atoms. The van der Waals surface area contributed by atoms with Crippen LogP contribution in [0.25, 0.3) is 0 Å². The van der Waals surface area contributed by atoms with Gasteiger partial charge in [0.05, 0.1) is 11.9 Å². The van der Waals surface area contributed by atoms with Crippen molar-refractivity contribution in [1.29, 1.82) is 0 Å². The summed E-state index contributed by atoms with van der Waals surface area (Å²) in [6.45, 7) is 3.54. The number of carbonyl (C=O) groups is 2. The summed E-state index contributed by atoms with van der Waals surface area (Å²) in [5.41, 5.74) is 2.08. The van der Waals surface area contributed by atoms with Crippen LogP contribution in [-0.2, 0) is 23.2 Å². The molecule has 0 spiro atoms. The number of aryl methyl sites for hydroxylation is 3. The van der Waals surface area contributed by atoms with Gasteiger partial charge in [-0.05, 0) is 25.5 Å². The summed E-state index contributed by atoms with van der Waals surface area (Å²) in [4.78, 5) is 38.0. The normalized spacial score (nSPS) is 10.3. The third-order valence-electron chi connectivity index (χ3n) is 3.09. The van der Waals surface area contributed by atoms with E-state index in [1.54, 1.807) is 33.2 Å². The predicted molar refractivity (Wildman–Crippen MR) is 80.2 cm³/mol. The maximum absolute atomic E-state index is 11.8. The summed E-state index contributed by atoms with van der Waals surface area (Å²) in [6, 6.07) is 1.80. The minimum atomic E-state index is -0.816. The lowest BCUT2D eigenvalue weighted by molar-refractivity contribution is -0.136. The quantitative estimate of drug-likeness (QED) is 0.692. The highest BCUT2D eigenvalue weighted by molar-refractivity contribution is 6.39. The van der Waals surface area contributed by atoms with Gasteiger partial charge in [-0.2, -0.15) is 5.10 Å². The molecule has 0 atom stereocenters. The van der Waals surface area contributed by atoms with Gasteiger partial charge >= 0.3 is 11.8 Å². The van der Waals surface area contributed by atoms with Gasteiger partial charge in [-0.1, -0.05) is 0 Å². The lowest BCUT2D eigenvalue weighted by Crippen LogP contribution is -2.36. The minimum Gasteiger partial charge on any atom is -0.344 e. The zero-order chi connectivity index (χ0) is 16.3. The maximum atomic E-state index is 11.8. The second-order valence-electron chi connectivity index (χ2n) is 4.98. The van der Waals surface area contributed by atoms with Crippen LogP contribution in [0.15, 0.2) is 23.3 Å². The molecule has 0 fully saturated rings. The van der Waals surface area contributed by atoms with Gasteiger partial charge < -0.3 is 15.6 Å². The van der Waals surface area contributed by atoms with Crippen LogP contribution in [0.3, 0.4) is 0 Å². The Kier molecular flexibility index (Phi) is 4.40. The van der Waals surface area contributed by atoms with Gasteiger partial charge in [0.1, 0.15) is 0 Å². The number of anilines is 1. The summed E-state index contributed by atoms with van der Waals surface area (Å²) in [5, 5.41) is 8.72. The number of pyridine rings is 1. The van der Waals surface area contributed by atoms with Crippen molar-refractivity contribution in [2.24, 2.45) is 7.05 Å². The molecule has 8 heteroatoms. The van der Waals surface area contributed by atoms with E-state index in [-0.39, 0.29) is 12.1 Å². The van der Waals surface area contributed by atoms with Crippen LogP contribution in [0.4, 0.5) is 5.69 Å². The van der Waals surface area contributed by atoms with E-state index in [0.29, 0.717) is 11.3 Å². The van der Waals surface area contributed by atoms with Gasteiger partial charge in [0.15, 0.2) is 0 Å². The molecule has 0 saturated carbocycles. The molecule has 0 aliphatic rings. The molecule has 2 aromatic rings. The van der Waals surface area contributed by atoms with Crippen molar-refractivity contribution in [3.63, 3.8) is 0 Å². The van der Waals surface area contributed by atoms with Gasteiger partial charge in [-0.3, -0.25) is 19.1 Å². The third kappa shape index (κ3) is 3.60. The van der Waals surface area contributed by atoms with E-state index in [1.807, 2.05) is 0 Å². The van der Waals surface area contributed by atoms with Crippen molar-refractivity contribution >= 4 is 17.5 Å². The summed E-state index contributed by atoms with van der Waals surface area (Å²) in [5.74, 6) is -1.63. The molecule has 0 unspecified atom stereocenters. The maximum Gasteiger partial charge on any atom is 0.313 e. The van der Waals surface area contributed by atoms with Gasteiger partial charge in [0.25, 0.3) is 5.56 Å². The van der Waals surface area contributed by atoms with Crippen molar-refractivity contribution in [1.82, 2.24) is 20.1 Å². The molecule has 8 nitrogen and oxygen atoms in total. The number of hydrogen-bond donors (Lipinski definition) is 3. The number of nitrogens with zero attached hydrogens (tertiary/aromatic N) is 2. The summed E-state index contributed by atoms with van der Waals surface area (Å²) >= 11 is 0. The Hall–Kier alpha value is -2.90. The number of carbonyl (C=O) groups excluding carboxylic acids is 2. The van der Waals surface area contributed by atoms with E-state index in [2.05, 4.69) is 20.7 Å². The second kappa shape index (κ2) is 6.25. The first kappa shape index (κ1) is 15.5. The fourth-order valence-corrected chi connectivity index (χ4v) is 2.02. The van der Waals surface area contributed by atoms with Crippen LogP contribution in [0.5, 0.6) is 0 Å². The number of H-pyrrole nitrogens is 1. The van der Waals surface area contributed by atoms with Crippen molar-refractivity contribution in [3.05, 3.63) is 45.6 Å². The standard InChI is InChI=1S/C14H17N5O3/c1-8-4-9(2)17-12(20)11(8)6-15-13(21)14(22)18-10-5-16-19(3)7-10/h4-5,7H,6H2,1-3H3,(H,15,21)(H,17,20)(H,18,22). The lowest BCUT2D eigenvalue weighted by atomic mass is 10.1. The first-order chi connectivity index (χ1) is 10.4. The highest BCUT2D eigenvalue weighted by atomic mass is 16.2. The van der Waals surface area contributed by atoms with Crippen LogP contribution < -0.4 is 16.2 Å². The number of amides is 2. The molecule has 0 radical (unpaired) electrons. The van der Waals surface area contributed by atoms with E-state index in [0.717, 1.165) is 11.3 Å². The smallest absolute Gasteiger partial charge is 0.313 e. The first-order valence-corrected chi connectivity index (χ1v) is 6.64. The molecule has 0 aliphatic carbocycles. The Morgan fingerprint density at radius 3 is 2.64 bits per heavy atom. The zero-order valence-corrected chi connectivity index (χ0v) is 12.6. The van der Waals surface area contributed by atoms with Crippen molar-refractivity contribution in [2.45, 2.75) is 20.4 Å². The number of hydrogen-bond acceptors (Lipinski definition) is 4. The minimum absolute atomic E-state index is 0.0132. The Morgan fingerprint density at radius 1 is 1.32 bits per heavy atom. The van der Waals surface area contributed by atoms with Crippen LogP contribution in [-0.4, -0.2) is 26.6 Å². The van der Waals surface area contributed by atoms with E-state index in [4.69, 9.17) is 0 Å². The average Bonchev–Trinajstić information content (AvgIpc) is 2.82. The van der Waals surface area contributed by atoms with Crippen molar-refractivity contribution < 1.29 is 9.59 Å². The molecular formula is C14H17N5O3. The molecule has 0 aromatic carbocycles. The molecule has 0 saturated heterocycles. The molecule has 3 N–H and O–H groups in total. The molecule has 116 valence electrons. The fraction of sp³-hybridized carbons (Fsp3) is 0.286. The molecular weight excluding hydrogens is 286 g/mol. The van der Waals surface area contributed by atoms with E-state index in [9.17, 15) is 14.4 Å². The van der Waals surface area contributed by atoms with Gasteiger partial charge in [-0.25, -0.2) is 0 Å². The Morgan fingerprint density at radius 2 is 2.05 bits per heavy atom. The number of nitrogens with one attached hydrogen (secondary N) is 3. The lowest BCUT2D eigenvalue weighted by Gasteiger charge is -2.08. The SMILES string of the molecule is Cc1cc(C)c(CNC(=O)C(=O)Nc2cnn(C)c2)c(=O)[nH]1. The van der Waals surface area contributed by atoms with Crippen molar-refractivity contribution in [2.75, 3.05) is 5.32 Å². The van der Waals surface area contributed by atoms with Crippen molar-refractivity contribution in [3.8, 4) is 0 Å². The van der Waals surface area contributed by atoms with Gasteiger partial charge in [0, 0.05) is 31.0 Å². The highest BCUT2D eigenvalue weighted by Crippen LogP contribution is 2.04. The van der Waals surface area contributed by atoms with Gasteiger partial charge in [0.2, 0.25) is 0 Å². The second-order valence-corrected chi connectivity index (χ2v) is 4.98. The van der Waals surface area contributed by atoms with Crippen LogP contribution in [0, 0.1) is 13.8 Å². The third-order valence-corrected chi connectivity index (χ3v) is 3.09. The zero-order valence-electron chi connectivity index (χ0n) is 12.6. The van der Waals surface area contributed by atoms with Crippen LogP contribution in [0.2, 0.25) is 0 Å². The highest BCUT2D eigenvalue weighted by Gasteiger charge is 2.15. The Balaban J connectivity index is 1.98. The monoisotopic (exact) mass is 303 g/mol. The molecule has 2 amide bonds. The fourth-order valence-electron chi connectivity index (χ4n) is 2.02. The van der Waals surface area contributed by atoms with Gasteiger partial charge in [-0.15, -0.1) is 0 Å². The van der Waals surface area contributed by atoms with Crippen LogP contribution in [0.1, 0.15) is 16.8 Å². The first-order valence-electron chi connectivity index (χ1n) is 6.64. The topological polar surface area (TPSA) is 109 Å². The molecule has 2 rings (SSSR count). The summed E-state index contributed by atoms with van der Waals surface area (Å²) in [6.07, 6.45) is 3.00. The van der Waals surface area contributed by atoms with E-state index >= 15 is 0 Å². The van der Waals surface area contributed by atoms with E-state index in [1.165, 1.54) is 10.9 Å². The number of aromatic amines is 1. The molecule has 0 bridgehead atoms. The average molecular weight is 303 g/mol. The number of aromatic nitrogens is 3. The molecule has 0 aliphatic heterocycles. The molecule has 2 aromatic heterocycles. The largest absolute Gasteiger partial charge is 0.344 e. The van der Waals surface area contributed by atoms with Crippen LogP contribution >= 0.6 is 0 Å².